The Labute approximate surface area is 242 Å². The van der Waals surface area contributed by atoms with Crippen LogP contribution in [-0.2, 0) is 16.1 Å². The molecule has 0 spiro atoms. The number of ether oxygens (including phenoxy) is 1. The summed E-state index contributed by atoms with van der Waals surface area (Å²) < 4.78 is 47.6. The highest BCUT2D eigenvalue weighted by atomic mass is 19.2. The second-order valence-corrected chi connectivity index (χ2v) is 10.6. The van der Waals surface area contributed by atoms with Crippen LogP contribution in [-0.4, -0.2) is 53.8 Å². The molecule has 0 saturated carbocycles. The van der Waals surface area contributed by atoms with Crippen molar-refractivity contribution in [1.29, 1.82) is 0 Å². The fourth-order valence-corrected chi connectivity index (χ4v) is 5.58. The largest absolute Gasteiger partial charge is 0.488 e. The highest BCUT2D eigenvalue weighted by molar-refractivity contribution is 5.97. The van der Waals surface area contributed by atoms with Gasteiger partial charge in [-0.1, -0.05) is 42.5 Å². The van der Waals surface area contributed by atoms with Gasteiger partial charge in [0.25, 0.3) is 5.91 Å². The van der Waals surface area contributed by atoms with Gasteiger partial charge in [0.1, 0.15) is 0 Å². The first-order valence-electron chi connectivity index (χ1n) is 14.1. The van der Waals surface area contributed by atoms with E-state index in [9.17, 15) is 27.6 Å². The van der Waals surface area contributed by atoms with Crippen LogP contribution in [0.1, 0.15) is 53.6 Å². The second kappa shape index (κ2) is 12.7. The summed E-state index contributed by atoms with van der Waals surface area (Å²) in [7, 11) is 0. The van der Waals surface area contributed by atoms with E-state index >= 15 is 0 Å². The molecule has 2 heterocycles. The first-order valence-corrected chi connectivity index (χ1v) is 14.1. The number of nitrogens with zero attached hydrogens (tertiary/aromatic N) is 2. The van der Waals surface area contributed by atoms with E-state index in [1.807, 2.05) is 54.6 Å². The van der Waals surface area contributed by atoms with Gasteiger partial charge in [0.15, 0.2) is 17.4 Å². The molecule has 2 aliphatic rings. The second-order valence-electron chi connectivity index (χ2n) is 10.6. The summed E-state index contributed by atoms with van der Waals surface area (Å²) in [6.07, 6.45) is 1.38. The highest BCUT2D eigenvalue weighted by Gasteiger charge is 2.34. The Bertz CT molecular complexity index is 1460. The number of amides is 3. The minimum absolute atomic E-state index is 0.0405. The molecule has 3 aromatic rings. The smallest absolute Gasteiger partial charge is 0.257 e. The third-order valence-corrected chi connectivity index (χ3v) is 7.87. The zero-order valence-corrected chi connectivity index (χ0v) is 23.2. The lowest BCUT2D eigenvalue weighted by Gasteiger charge is -2.32. The van der Waals surface area contributed by atoms with Crippen molar-refractivity contribution in [2.45, 2.75) is 38.6 Å². The standard InChI is InChI=1S/C32H32F3N3O4/c1-2-42-30-28(34)25(17-26(33)29(30)35)32(41)37-14-12-22(13-15-37)21-8-10-24(11-9-21)36-31(40)23-16-27(39)38(19-23)18-20-6-4-3-5-7-20/h3-11,17,22-23H,2,12-16,18-19H2,1H3,(H,36,40)/t23-/m1/s1. The molecule has 1 atom stereocenters. The maximum atomic E-state index is 14.8. The van der Waals surface area contributed by atoms with Gasteiger partial charge in [-0.2, -0.15) is 4.39 Å². The lowest BCUT2D eigenvalue weighted by atomic mass is 9.89. The molecule has 0 bridgehead atoms. The lowest BCUT2D eigenvalue weighted by Crippen LogP contribution is -2.38. The zero-order valence-electron chi connectivity index (χ0n) is 23.2. The molecule has 2 aliphatic heterocycles. The topological polar surface area (TPSA) is 79.0 Å². The van der Waals surface area contributed by atoms with Gasteiger partial charge >= 0.3 is 0 Å². The fourth-order valence-electron chi connectivity index (χ4n) is 5.58. The molecule has 0 radical (unpaired) electrons. The van der Waals surface area contributed by atoms with Crippen LogP contribution in [0.2, 0.25) is 0 Å². The molecule has 1 N–H and O–H groups in total. The van der Waals surface area contributed by atoms with Crippen LogP contribution in [0.4, 0.5) is 18.9 Å². The van der Waals surface area contributed by atoms with Crippen molar-refractivity contribution in [1.82, 2.24) is 9.80 Å². The third kappa shape index (κ3) is 6.27. The summed E-state index contributed by atoms with van der Waals surface area (Å²) in [6.45, 7) is 2.92. The van der Waals surface area contributed by atoms with Crippen molar-refractivity contribution in [2.24, 2.45) is 5.92 Å². The molecule has 2 saturated heterocycles. The van der Waals surface area contributed by atoms with Crippen LogP contribution in [0.25, 0.3) is 0 Å². The van der Waals surface area contributed by atoms with E-state index < -0.39 is 40.6 Å². The molecule has 2 fully saturated rings. The van der Waals surface area contributed by atoms with Gasteiger partial charge in [-0.05, 0) is 55.0 Å². The Kier molecular flexibility index (Phi) is 8.80. The summed E-state index contributed by atoms with van der Waals surface area (Å²) in [5.74, 6) is -6.12. The van der Waals surface area contributed by atoms with E-state index in [1.54, 1.807) is 4.90 Å². The molecule has 10 heteroatoms. The Balaban J connectivity index is 1.14. The van der Waals surface area contributed by atoms with Crippen molar-refractivity contribution >= 4 is 23.4 Å². The van der Waals surface area contributed by atoms with Gasteiger partial charge in [0.2, 0.25) is 17.6 Å². The van der Waals surface area contributed by atoms with E-state index in [1.165, 1.54) is 11.8 Å². The Morgan fingerprint density at radius 1 is 0.976 bits per heavy atom. The van der Waals surface area contributed by atoms with Crippen LogP contribution < -0.4 is 10.1 Å². The highest BCUT2D eigenvalue weighted by Crippen LogP contribution is 2.32. The molecule has 0 aliphatic carbocycles. The molecular formula is C32H32F3N3O4. The van der Waals surface area contributed by atoms with Gasteiger partial charge in [-0.25, -0.2) is 8.78 Å². The molecule has 3 amide bonds. The van der Waals surface area contributed by atoms with Gasteiger partial charge in [-0.15, -0.1) is 0 Å². The molecule has 7 nitrogen and oxygen atoms in total. The Morgan fingerprint density at radius 3 is 2.33 bits per heavy atom. The van der Waals surface area contributed by atoms with Crippen molar-refractivity contribution in [3.63, 3.8) is 0 Å². The van der Waals surface area contributed by atoms with Gasteiger partial charge in [0, 0.05) is 38.3 Å². The summed E-state index contributed by atoms with van der Waals surface area (Å²) in [4.78, 5) is 41.4. The van der Waals surface area contributed by atoms with Gasteiger partial charge < -0.3 is 19.9 Å². The summed E-state index contributed by atoms with van der Waals surface area (Å²) in [5.41, 5.74) is 2.13. The molecule has 220 valence electrons. The fraction of sp³-hybridized carbons (Fsp3) is 0.344. The van der Waals surface area contributed by atoms with Crippen molar-refractivity contribution in [3.8, 4) is 5.75 Å². The zero-order chi connectivity index (χ0) is 29.8. The summed E-state index contributed by atoms with van der Waals surface area (Å²) in [5, 5.41) is 2.91. The summed E-state index contributed by atoms with van der Waals surface area (Å²) >= 11 is 0. The predicted molar refractivity (Wildman–Crippen MR) is 150 cm³/mol. The van der Waals surface area contributed by atoms with Crippen LogP contribution in [0, 0.1) is 23.4 Å². The number of piperidine rings is 1. The van der Waals surface area contributed by atoms with Crippen molar-refractivity contribution < 1.29 is 32.3 Å². The lowest BCUT2D eigenvalue weighted by molar-refractivity contribution is -0.128. The number of hydrogen-bond acceptors (Lipinski definition) is 4. The third-order valence-electron chi connectivity index (χ3n) is 7.87. The van der Waals surface area contributed by atoms with E-state index in [2.05, 4.69) is 5.32 Å². The molecule has 0 aromatic heterocycles. The number of nitrogens with one attached hydrogen (secondary N) is 1. The number of anilines is 1. The van der Waals surface area contributed by atoms with E-state index in [4.69, 9.17) is 4.74 Å². The number of rotatable bonds is 8. The minimum Gasteiger partial charge on any atom is -0.488 e. The maximum Gasteiger partial charge on any atom is 0.257 e. The molecule has 5 rings (SSSR count). The molecule has 0 unspecified atom stereocenters. The molecule has 42 heavy (non-hydrogen) atoms. The average molecular weight is 580 g/mol. The first-order chi connectivity index (χ1) is 20.2. The van der Waals surface area contributed by atoms with E-state index in [-0.39, 0.29) is 30.8 Å². The molecule has 3 aromatic carbocycles. The Morgan fingerprint density at radius 2 is 1.67 bits per heavy atom. The van der Waals surface area contributed by atoms with Crippen LogP contribution in [0.5, 0.6) is 5.75 Å². The van der Waals surface area contributed by atoms with Crippen molar-refractivity contribution in [2.75, 3.05) is 31.6 Å². The minimum atomic E-state index is -1.45. The van der Waals surface area contributed by atoms with E-state index in [0.29, 0.717) is 50.8 Å². The number of hydrogen-bond donors (Lipinski definition) is 1. The molecular weight excluding hydrogens is 547 g/mol. The van der Waals surface area contributed by atoms with Crippen LogP contribution in [0.3, 0.4) is 0 Å². The van der Waals surface area contributed by atoms with Gasteiger partial charge in [0.05, 0.1) is 18.1 Å². The number of likely N-dealkylation sites (tertiary alicyclic amines) is 2. The number of carbonyl (C=O) groups is 3. The summed E-state index contributed by atoms with van der Waals surface area (Å²) in [6, 6.07) is 17.7. The number of carbonyl (C=O) groups excluding carboxylic acids is 3. The van der Waals surface area contributed by atoms with Crippen molar-refractivity contribution in [3.05, 3.63) is 94.8 Å². The monoisotopic (exact) mass is 579 g/mol. The average Bonchev–Trinajstić information content (AvgIpc) is 3.37. The first kappa shape index (κ1) is 29.2. The quantitative estimate of drug-likeness (QED) is 0.357. The Hall–Kier alpha value is -4.34. The van der Waals surface area contributed by atoms with E-state index in [0.717, 1.165) is 11.1 Å². The van der Waals surface area contributed by atoms with Gasteiger partial charge in [-0.3, -0.25) is 14.4 Å². The maximum absolute atomic E-state index is 14.8. The van der Waals surface area contributed by atoms with Crippen LogP contribution in [0.15, 0.2) is 60.7 Å². The SMILES string of the molecule is CCOc1c(F)c(F)cc(C(=O)N2CCC(c3ccc(NC(=O)[C@@H]4CC(=O)N(Cc5ccccc5)C4)cc3)CC2)c1F. The normalized spacial score (nSPS) is 17.4. The van der Waals surface area contributed by atoms with Crippen LogP contribution >= 0.6 is 0 Å². The number of halogens is 3. The predicted octanol–water partition coefficient (Wildman–Crippen LogP) is 5.51. The number of benzene rings is 3.